The Kier molecular flexibility index (Phi) is 6.09. The fraction of sp³-hybridized carbons (Fsp3) is 0.444. The van der Waals surface area contributed by atoms with Crippen molar-refractivity contribution < 1.29 is 14.7 Å². The molecule has 0 aromatic carbocycles. The highest BCUT2D eigenvalue weighted by molar-refractivity contribution is 7.10. The Morgan fingerprint density at radius 3 is 2.04 bits per heavy atom. The Morgan fingerprint density at radius 2 is 1.60 bits per heavy atom. The summed E-state index contributed by atoms with van der Waals surface area (Å²) in [5.41, 5.74) is 0. The molecule has 2 amide bonds. The van der Waals surface area contributed by atoms with Crippen LogP contribution >= 0.6 is 22.7 Å². The molecule has 0 atom stereocenters. The van der Waals surface area contributed by atoms with E-state index in [-0.39, 0.29) is 18.0 Å². The molecule has 0 radical (unpaired) electrons. The summed E-state index contributed by atoms with van der Waals surface area (Å²) < 4.78 is 0. The number of hydrogen-bond acceptors (Lipinski definition) is 4. The van der Waals surface area contributed by atoms with Gasteiger partial charge in [0.2, 0.25) is 0 Å². The van der Waals surface area contributed by atoms with E-state index in [0.29, 0.717) is 25.9 Å². The van der Waals surface area contributed by atoms with Crippen LogP contribution in [0, 0.1) is 5.92 Å². The summed E-state index contributed by atoms with van der Waals surface area (Å²) in [6.45, 7) is 1.18. The van der Waals surface area contributed by atoms with Gasteiger partial charge in [-0.05, 0) is 48.6 Å². The second kappa shape index (κ2) is 8.49. The fourth-order valence-corrected chi connectivity index (χ4v) is 4.57. The van der Waals surface area contributed by atoms with Crippen LogP contribution < -0.4 is 5.32 Å². The lowest BCUT2D eigenvalue weighted by molar-refractivity contribution is -0.142. The number of nitrogens with one attached hydrogen (secondary N) is 1. The van der Waals surface area contributed by atoms with Gasteiger partial charge in [-0.2, -0.15) is 0 Å². The predicted octanol–water partition coefficient (Wildman–Crippen LogP) is 4.16. The van der Waals surface area contributed by atoms with Crippen molar-refractivity contribution in [1.29, 1.82) is 0 Å². The Balaban J connectivity index is 1.59. The largest absolute Gasteiger partial charge is 0.481 e. The molecule has 0 spiro atoms. The zero-order valence-electron chi connectivity index (χ0n) is 13.9. The maximum Gasteiger partial charge on any atom is 0.318 e. The SMILES string of the molecule is O=C(O)C1CCC(NC(=O)N(Cc2cccs2)Cc2cccs2)CC1. The van der Waals surface area contributed by atoms with Crippen LogP contribution in [0.2, 0.25) is 0 Å². The number of hydrogen-bond donors (Lipinski definition) is 2. The molecular weight excluding hydrogens is 356 g/mol. The Labute approximate surface area is 155 Å². The Bertz CT molecular complexity index is 641. The number of amides is 2. The summed E-state index contributed by atoms with van der Waals surface area (Å²) >= 11 is 3.29. The number of aliphatic carboxylic acids is 1. The van der Waals surface area contributed by atoms with Crippen molar-refractivity contribution in [2.75, 3.05) is 0 Å². The van der Waals surface area contributed by atoms with Gasteiger partial charge in [-0.25, -0.2) is 4.79 Å². The minimum absolute atomic E-state index is 0.0669. The van der Waals surface area contributed by atoms with Crippen LogP contribution in [-0.4, -0.2) is 28.0 Å². The second-order valence-corrected chi connectivity index (χ2v) is 8.42. The third-order valence-electron chi connectivity index (χ3n) is 4.54. The van der Waals surface area contributed by atoms with Crippen LogP contribution in [0.3, 0.4) is 0 Å². The van der Waals surface area contributed by atoms with Gasteiger partial charge in [0.25, 0.3) is 0 Å². The van der Waals surface area contributed by atoms with E-state index in [9.17, 15) is 9.59 Å². The molecule has 2 aromatic rings. The average molecular weight is 379 g/mol. The summed E-state index contributed by atoms with van der Waals surface area (Å²) in [6, 6.07) is 8.07. The zero-order chi connectivity index (χ0) is 17.6. The normalized spacial score (nSPS) is 20.2. The van der Waals surface area contributed by atoms with Gasteiger partial charge in [0.1, 0.15) is 0 Å². The monoisotopic (exact) mass is 378 g/mol. The molecule has 2 aromatic heterocycles. The number of thiophene rings is 2. The molecule has 25 heavy (non-hydrogen) atoms. The topological polar surface area (TPSA) is 69.6 Å². The van der Waals surface area contributed by atoms with Crippen molar-refractivity contribution in [3.05, 3.63) is 44.8 Å². The first-order chi connectivity index (χ1) is 12.1. The number of carbonyl (C=O) groups excluding carboxylic acids is 1. The van der Waals surface area contributed by atoms with Crippen molar-refractivity contribution in [2.45, 2.75) is 44.8 Å². The van der Waals surface area contributed by atoms with Crippen molar-refractivity contribution in [1.82, 2.24) is 10.2 Å². The maximum atomic E-state index is 12.8. The van der Waals surface area contributed by atoms with Crippen LogP contribution in [0.25, 0.3) is 0 Å². The Morgan fingerprint density at radius 1 is 1.04 bits per heavy atom. The number of urea groups is 1. The van der Waals surface area contributed by atoms with E-state index in [4.69, 9.17) is 5.11 Å². The molecule has 7 heteroatoms. The molecule has 3 rings (SSSR count). The van der Waals surface area contributed by atoms with Gasteiger partial charge in [-0.15, -0.1) is 22.7 Å². The third-order valence-corrected chi connectivity index (χ3v) is 6.27. The molecule has 2 heterocycles. The number of carbonyl (C=O) groups is 2. The molecule has 1 aliphatic rings. The van der Waals surface area contributed by atoms with E-state index >= 15 is 0 Å². The molecule has 134 valence electrons. The second-order valence-electron chi connectivity index (χ2n) is 6.35. The van der Waals surface area contributed by atoms with Gasteiger partial charge in [0, 0.05) is 15.8 Å². The molecular formula is C18H22N2O3S2. The van der Waals surface area contributed by atoms with Crippen LogP contribution in [0.5, 0.6) is 0 Å². The molecule has 0 aliphatic heterocycles. The van der Waals surface area contributed by atoms with Crippen molar-refractivity contribution in [3.8, 4) is 0 Å². The number of carboxylic acids is 1. The van der Waals surface area contributed by atoms with Gasteiger partial charge in [0.05, 0.1) is 19.0 Å². The smallest absolute Gasteiger partial charge is 0.318 e. The highest BCUT2D eigenvalue weighted by Gasteiger charge is 2.28. The quantitative estimate of drug-likeness (QED) is 0.793. The standard InChI is InChI=1S/C18H22N2O3S2/c21-17(22)13-5-7-14(8-6-13)19-18(23)20(11-15-3-1-9-24-15)12-16-4-2-10-25-16/h1-4,9-10,13-14H,5-8,11-12H2,(H,19,23)(H,21,22). The van der Waals surface area contributed by atoms with E-state index in [0.717, 1.165) is 22.6 Å². The lowest BCUT2D eigenvalue weighted by Gasteiger charge is -2.30. The predicted molar refractivity (Wildman–Crippen MR) is 99.8 cm³/mol. The summed E-state index contributed by atoms with van der Waals surface area (Å²) in [6.07, 6.45) is 2.73. The first-order valence-electron chi connectivity index (χ1n) is 8.45. The molecule has 5 nitrogen and oxygen atoms in total. The lowest BCUT2D eigenvalue weighted by atomic mass is 9.86. The average Bonchev–Trinajstić information content (AvgIpc) is 3.28. The van der Waals surface area contributed by atoms with Crippen molar-refractivity contribution in [3.63, 3.8) is 0 Å². The van der Waals surface area contributed by atoms with Crippen LogP contribution in [-0.2, 0) is 17.9 Å². The van der Waals surface area contributed by atoms with Crippen LogP contribution in [0.1, 0.15) is 35.4 Å². The number of rotatable bonds is 6. The molecule has 1 aliphatic carbocycles. The molecule has 0 saturated heterocycles. The molecule has 1 fully saturated rings. The highest BCUT2D eigenvalue weighted by atomic mass is 32.1. The zero-order valence-corrected chi connectivity index (χ0v) is 15.5. The van der Waals surface area contributed by atoms with Gasteiger partial charge in [-0.3, -0.25) is 4.79 Å². The molecule has 0 bridgehead atoms. The van der Waals surface area contributed by atoms with E-state index in [1.54, 1.807) is 22.7 Å². The molecule has 2 N–H and O–H groups in total. The minimum Gasteiger partial charge on any atom is -0.481 e. The van der Waals surface area contributed by atoms with Gasteiger partial charge in [0.15, 0.2) is 0 Å². The number of nitrogens with zero attached hydrogens (tertiary/aromatic N) is 1. The van der Waals surface area contributed by atoms with E-state index in [2.05, 4.69) is 5.32 Å². The minimum atomic E-state index is -0.721. The summed E-state index contributed by atoms with van der Waals surface area (Å²) in [5.74, 6) is -0.983. The van der Waals surface area contributed by atoms with Gasteiger partial charge >= 0.3 is 12.0 Å². The van der Waals surface area contributed by atoms with Crippen LogP contribution in [0.4, 0.5) is 4.79 Å². The van der Waals surface area contributed by atoms with Gasteiger partial charge < -0.3 is 15.3 Å². The highest BCUT2D eigenvalue weighted by Crippen LogP contribution is 2.25. The lowest BCUT2D eigenvalue weighted by Crippen LogP contribution is -2.45. The van der Waals surface area contributed by atoms with E-state index in [1.807, 2.05) is 39.9 Å². The van der Waals surface area contributed by atoms with E-state index in [1.165, 1.54) is 0 Å². The molecule has 1 saturated carbocycles. The van der Waals surface area contributed by atoms with Gasteiger partial charge in [-0.1, -0.05) is 12.1 Å². The Hall–Kier alpha value is -1.86. The first kappa shape index (κ1) is 17.9. The van der Waals surface area contributed by atoms with Crippen molar-refractivity contribution in [2.24, 2.45) is 5.92 Å². The van der Waals surface area contributed by atoms with Crippen molar-refractivity contribution >= 4 is 34.7 Å². The first-order valence-corrected chi connectivity index (χ1v) is 10.2. The summed E-state index contributed by atoms with van der Waals surface area (Å²) in [7, 11) is 0. The summed E-state index contributed by atoms with van der Waals surface area (Å²) in [5, 5.41) is 16.2. The maximum absolute atomic E-state index is 12.8. The number of carboxylic acid groups (broad SMARTS) is 1. The third kappa shape index (κ3) is 5.06. The molecule has 0 unspecified atom stereocenters. The summed E-state index contributed by atoms with van der Waals surface area (Å²) in [4.78, 5) is 28.0. The van der Waals surface area contributed by atoms with E-state index < -0.39 is 5.97 Å². The van der Waals surface area contributed by atoms with Crippen LogP contribution in [0.15, 0.2) is 35.0 Å². The fourth-order valence-electron chi connectivity index (χ4n) is 3.13.